The molecule has 1 rings (SSSR count). The van der Waals surface area contributed by atoms with E-state index in [9.17, 15) is 4.79 Å². The van der Waals surface area contributed by atoms with Crippen LogP contribution in [0.3, 0.4) is 0 Å². The maximum Gasteiger partial charge on any atom is 0.216 e. The summed E-state index contributed by atoms with van der Waals surface area (Å²) in [4.78, 5) is 14.8. The van der Waals surface area contributed by atoms with Crippen LogP contribution in [0.25, 0.3) is 0 Å². The number of rotatable bonds is 5. The lowest BCUT2D eigenvalue weighted by atomic mass is 10.2. The van der Waals surface area contributed by atoms with Crippen LogP contribution < -0.4 is 16.0 Å². The Hall–Kier alpha value is -0.910. The van der Waals surface area contributed by atoms with Gasteiger partial charge in [0.05, 0.1) is 0 Å². The molecule has 5 nitrogen and oxygen atoms in total. The van der Waals surface area contributed by atoms with Crippen molar-refractivity contribution in [3.05, 3.63) is 0 Å². The molecule has 1 amide bonds. The van der Waals surface area contributed by atoms with Crippen molar-refractivity contribution in [3.63, 3.8) is 0 Å². The standard InChI is InChI=1S/C11H22N4OS/c1-9(16)13-5-6-14-11(12-2)15-8-10-4-3-7-17-10/h10H,3-8H2,1-2H3,(H,13,16)(H2,12,14,15). The van der Waals surface area contributed by atoms with E-state index in [1.165, 1.54) is 25.5 Å². The Labute approximate surface area is 107 Å². The molecule has 0 radical (unpaired) electrons. The minimum atomic E-state index is -0.00268. The number of thioether (sulfide) groups is 1. The van der Waals surface area contributed by atoms with Gasteiger partial charge in [-0.15, -0.1) is 0 Å². The fourth-order valence-electron chi connectivity index (χ4n) is 1.66. The van der Waals surface area contributed by atoms with Crippen molar-refractivity contribution in [1.29, 1.82) is 0 Å². The van der Waals surface area contributed by atoms with E-state index >= 15 is 0 Å². The van der Waals surface area contributed by atoms with Crippen molar-refractivity contribution in [3.8, 4) is 0 Å². The van der Waals surface area contributed by atoms with Gasteiger partial charge in [0, 0.05) is 38.9 Å². The van der Waals surface area contributed by atoms with Crippen LogP contribution in [-0.4, -0.2) is 49.6 Å². The Kier molecular flexibility index (Phi) is 6.84. The van der Waals surface area contributed by atoms with Crippen LogP contribution in [0.4, 0.5) is 0 Å². The molecule has 0 aromatic heterocycles. The summed E-state index contributed by atoms with van der Waals surface area (Å²) in [5.74, 6) is 2.08. The monoisotopic (exact) mass is 258 g/mol. The van der Waals surface area contributed by atoms with E-state index in [4.69, 9.17) is 0 Å². The predicted molar refractivity (Wildman–Crippen MR) is 73.5 cm³/mol. The van der Waals surface area contributed by atoms with E-state index < -0.39 is 0 Å². The smallest absolute Gasteiger partial charge is 0.216 e. The van der Waals surface area contributed by atoms with E-state index in [1.54, 1.807) is 7.05 Å². The molecule has 1 saturated heterocycles. The largest absolute Gasteiger partial charge is 0.355 e. The topological polar surface area (TPSA) is 65.5 Å². The Morgan fingerprint density at radius 1 is 1.35 bits per heavy atom. The van der Waals surface area contributed by atoms with Crippen LogP contribution in [0.2, 0.25) is 0 Å². The first-order valence-corrected chi connectivity index (χ1v) is 7.08. The zero-order valence-electron chi connectivity index (χ0n) is 10.6. The van der Waals surface area contributed by atoms with Gasteiger partial charge in [-0.2, -0.15) is 11.8 Å². The molecule has 0 spiro atoms. The van der Waals surface area contributed by atoms with Gasteiger partial charge in [0.2, 0.25) is 5.91 Å². The summed E-state index contributed by atoms with van der Waals surface area (Å²) in [6, 6.07) is 0. The number of amides is 1. The van der Waals surface area contributed by atoms with Gasteiger partial charge in [0.15, 0.2) is 5.96 Å². The second-order valence-corrected chi connectivity index (χ2v) is 5.41. The number of carbonyl (C=O) groups excluding carboxylic acids is 1. The molecule has 0 aliphatic carbocycles. The van der Waals surface area contributed by atoms with Crippen LogP contribution in [0.15, 0.2) is 4.99 Å². The first-order valence-electron chi connectivity index (χ1n) is 6.03. The quantitative estimate of drug-likeness (QED) is 0.374. The molecule has 1 aliphatic heterocycles. The van der Waals surface area contributed by atoms with Gasteiger partial charge in [-0.25, -0.2) is 0 Å². The number of nitrogens with one attached hydrogen (secondary N) is 3. The Balaban J connectivity index is 2.09. The van der Waals surface area contributed by atoms with Crippen molar-refractivity contribution in [2.75, 3.05) is 32.4 Å². The molecule has 1 heterocycles. The minimum Gasteiger partial charge on any atom is -0.355 e. The van der Waals surface area contributed by atoms with Gasteiger partial charge in [-0.3, -0.25) is 9.79 Å². The Bertz CT molecular complexity index is 264. The number of hydrogen-bond donors (Lipinski definition) is 3. The van der Waals surface area contributed by atoms with Crippen molar-refractivity contribution in [2.24, 2.45) is 4.99 Å². The van der Waals surface area contributed by atoms with Gasteiger partial charge >= 0.3 is 0 Å². The second-order valence-electron chi connectivity index (χ2n) is 4.00. The third-order valence-corrected chi connectivity index (χ3v) is 3.93. The summed E-state index contributed by atoms with van der Waals surface area (Å²) >= 11 is 2.02. The summed E-state index contributed by atoms with van der Waals surface area (Å²) in [6.45, 7) is 3.79. The molecule has 6 heteroatoms. The number of nitrogens with zero attached hydrogens (tertiary/aromatic N) is 1. The summed E-state index contributed by atoms with van der Waals surface area (Å²) < 4.78 is 0. The highest BCUT2D eigenvalue weighted by Gasteiger charge is 2.15. The minimum absolute atomic E-state index is 0.00268. The number of carbonyl (C=O) groups is 1. The molecule has 1 unspecified atom stereocenters. The van der Waals surface area contributed by atoms with Crippen LogP contribution in [-0.2, 0) is 4.79 Å². The maximum absolute atomic E-state index is 10.7. The van der Waals surface area contributed by atoms with Crippen LogP contribution in [0.1, 0.15) is 19.8 Å². The normalized spacial score (nSPS) is 20.1. The average molecular weight is 258 g/mol. The lowest BCUT2D eigenvalue weighted by Gasteiger charge is -2.14. The van der Waals surface area contributed by atoms with Crippen LogP contribution in [0, 0.1) is 0 Å². The first-order chi connectivity index (χ1) is 8.22. The van der Waals surface area contributed by atoms with Crippen LogP contribution >= 0.6 is 11.8 Å². The fourth-order valence-corrected chi connectivity index (χ4v) is 2.86. The van der Waals surface area contributed by atoms with E-state index in [2.05, 4.69) is 20.9 Å². The summed E-state index contributed by atoms with van der Waals surface area (Å²) in [7, 11) is 1.76. The lowest BCUT2D eigenvalue weighted by molar-refractivity contribution is -0.118. The molecule has 17 heavy (non-hydrogen) atoms. The molecule has 1 fully saturated rings. The lowest BCUT2D eigenvalue weighted by Crippen LogP contribution is -2.43. The highest BCUT2D eigenvalue weighted by atomic mass is 32.2. The molecular formula is C11H22N4OS. The van der Waals surface area contributed by atoms with Crippen molar-refractivity contribution in [2.45, 2.75) is 25.0 Å². The zero-order chi connectivity index (χ0) is 12.5. The van der Waals surface area contributed by atoms with Gasteiger partial charge < -0.3 is 16.0 Å². The Morgan fingerprint density at radius 2 is 2.12 bits per heavy atom. The SMILES string of the molecule is CN=C(NCCNC(C)=O)NCC1CCCS1. The van der Waals surface area contributed by atoms with E-state index in [0.717, 1.165) is 12.5 Å². The number of guanidine groups is 1. The van der Waals surface area contributed by atoms with Crippen LogP contribution in [0.5, 0.6) is 0 Å². The third kappa shape index (κ3) is 6.41. The van der Waals surface area contributed by atoms with Gasteiger partial charge in [0.1, 0.15) is 0 Å². The van der Waals surface area contributed by atoms with Crippen molar-refractivity contribution in [1.82, 2.24) is 16.0 Å². The molecule has 0 aromatic carbocycles. The van der Waals surface area contributed by atoms with E-state index in [-0.39, 0.29) is 5.91 Å². The van der Waals surface area contributed by atoms with E-state index in [0.29, 0.717) is 18.3 Å². The third-order valence-electron chi connectivity index (χ3n) is 2.54. The highest BCUT2D eigenvalue weighted by Crippen LogP contribution is 2.25. The second kappa shape index (κ2) is 8.22. The molecule has 0 saturated carbocycles. The summed E-state index contributed by atoms with van der Waals surface area (Å²) in [5.41, 5.74) is 0. The fraction of sp³-hybridized carbons (Fsp3) is 0.818. The summed E-state index contributed by atoms with van der Waals surface area (Å²) in [5, 5.41) is 9.91. The number of aliphatic imine (C=N–C) groups is 1. The molecule has 3 N–H and O–H groups in total. The average Bonchev–Trinajstić information content (AvgIpc) is 2.81. The predicted octanol–water partition coefficient (Wildman–Crippen LogP) is 0.183. The molecular weight excluding hydrogens is 236 g/mol. The molecule has 1 atom stereocenters. The molecule has 0 bridgehead atoms. The molecule has 98 valence electrons. The van der Waals surface area contributed by atoms with Gasteiger partial charge in [0.25, 0.3) is 0 Å². The molecule has 0 aromatic rings. The Morgan fingerprint density at radius 3 is 2.71 bits per heavy atom. The maximum atomic E-state index is 10.7. The van der Waals surface area contributed by atoms with Gasteiger partial charge in [-0.1, -0.05) is 0 Å². The first kappa shape index (κ1) is 14.2. The van der Waals surface area contributed by atoms with Gasteiger partial charge in [-0.05, 0) is 18.6 Å². The molecule has 1 aliphatic rings. The van der Waals surface area contributed by atoms with Crippen molar-refractivity contribution >= 4 is 23.6 Å². The highest BCUT2D eigenvalue weighted by molar-refractivity contribution is 8.00. The summed E-state index contributed by atoms with van der Waals surface area (Å²) in [6.07, 6.45) is 2.62. The number of hydrogen-bond acceptors (Lipinski definition) is 3. The zero-order valence-corrected chi connectivity index (χ0v) is 11.4. The van der Waals surface area contributed by atoms with Crippen molar-refractivity contribution < 1.29 is 4.79 Å². The van der Waals surface area contributed by atoms with E-state index in [1.807, 2.05) is 11.8 Å².